The molecule has 0 N–H and O–H groups in total. The zero-order valence-electron chi connectivity index (χ0n) is 9.34. The van der Waals surface area contributed by atoms with Gasteiger partial charge in [0.05, 0.1) is 0 Å². The third-order valence-corrected chi connectivity index (χ3v) is 4.39. The van der Waals surface area contributed by atoms with Crippen molar-refractivity contribution >= 4 is 10.2 Å². The maximum absolute atomic E-state index is 3.86. The summed E-state index contributed by atoms with van der Waals surface area (Å²) < 4.78 is 0. The van der Waals surface area contributed by atoms with E-state index < -0.39 is 0 Å². The molecule has 2 heteroatoms. The highest BCUT2D eigenvalue weighted by Gasteiger charge is 2.36. The second kappa shape index (κ2) is 4.42. The Morgan fingerprint density at radius 2 is 2.31 bits per heavy atom. The maximum Gasteiger partial charge on any atom is 0.0205 e. The molecule has 1 aliphatic rings. The van der Waals surface area contributed by atoms with Gasteiger partial charge in [-0.15, -0.1) is 6.58 Å². The van der Waals surface area contributed by atoms with Crippen LogP contribution in [0.25, 0.3) is 0 Å². The summed E-state index contributed by atoms with van der Waals surface area (Å²) in [5.74, 6) is 0.827. The summed E-state index contributed by atoms with van der Waals surface area (Å²) in [7, 11) is 1.30. The first kappa shape index (κ1) is 11.0. The monoisotopic (exact) mass is 197 g/mol. The number of piperidine rings is 1. The number of rotatable bonds is 3. The van der Waals surface area contributed by atoms with Crippen molar-refractivity contribution in [2.75, 3.05) is 12.7 Å². The minimum Gasteiger partial charge on any atom is -0.302 e. The lowest BCUT2D eigenvalue weighted by atomic mass is 9.77. The van der Waals surface area contributed by atoms with Gasteiger partial charge in [-0.3, -0.25) is 0 Å². The molecule has 1 heterocycles. The average molecular weight is 197 g/mol. The Kier molecular flexibility index (Phi) is 3.74. The van der Waals surface area contributed by atoms with E-state index in [4.69, 9.17) is 0 Å². The molecule has 1 nitrogen and oxygen atoms in total. The van der Waals surface area contributed by atoms with Crippen molar-refractivity contribution in [3.63, 3.8) is 0 Å². The van der Waals surface area contributed by atoms with Gasteiger partial charge < -0.3 is 4.90 Å². The molecule has 1 atom stereocenters. The first-order valence-electron chi connectivity index (χ1n) is 5.48. The smallest absolute Gasteiger partial charge is 0.0205 e. The van der Waals surface area contributed by atoms with Gasteiger partial charge in [-0.2, -0.15) is 0 Å². The van der Waals surface area contributed by atoms with Crippen LogP contribution < -0.4 is 0 Å². The fraction of sp³-hybridized carbons (Fsp3) is 0.818. The molecule has 1 fully saturated rings. The molecule has 0 bridgehead atoms. The van der Waals surface area contributed by atoms with Crippen molar-refractivity contribution in [1.82, 2.24) is 4.90 Å². The Morgan fingerprint density at radius 3 is 2.85 bits per heavy atom. The SMILES string of the molecule is C=CCC1CCCN(C[SiH3])C1(C)C. The van der Waals surface area contributed by atoms with E-state index in [2.05, 4.69) is 31.4 Å². The molecule has 0 aliphatic carbocycles. The van der Waals surface area contributed by atoms with E-state index >= 15 is 0 Å². The topological polar surface area (TPSA) is 3.24 Å². The first-order valence-corrected chi connectivity index (χ1v) is 6.90. The van der Waals surface area contributed by atoms with Crippen LogP contribution in [0.3, 0.4) is 0 Å². The van der Waals surface area contributed by atoms with E-state index in [-0.39, 0.29) is 0 Å². The Labute approximate surface area is 85.6 Å². The van der Waals surface area contributed by atoms with Crippen LogP contribution in [0, 0.1) is 5.92 Å². The van der Waals surface area contributed by atoms with E-state index in [0.717, 1.165) is 5.92 Å². The summed E-state index contributed by atoms with van der Waals surface area (Å²) in [5.41, 5.74) is 0.411. The summed E-state index contributed by atoms with van der Waals surface area (Å²) >= 11 is 0. The van der Waals surface area contributed by atoms with Gasteiger partial charge in [0.15, 0.2) is 0 Å². The molecule has 1 aliphatic heterocycles. The van der Waals surface area contributed by atoms with Crippen molar-refractivity contribution in [2.45, 2.75) is 38.6 Å². The Hall–Kier alpha value is -0.0831. The molecule has 1 saturated heterocycles. The summed E-state index contributed by atoms with van der Waals surface area (Å²) in [6, 6.07) is 0. The molecule has 1 unspecified atom stereocenters. The molecule has 1 rings (SSSR count). The van der Waals surface area contributed by atoms with Crippen molar-refractivity contribution in [3.05, 3.63) is 12.7 Å². The highest BCUT2D eigenvalue weighted by Crippen LogP contribution is 2.34. The van der Waals surface area contributed by atoms with Crippen molar-refractivity contribution in [3.8, 4) is 0 Å². The second-order valence-corrected chi connectivity index (χ2v) is 5.23. The number of likely N-dealkylation sites (tertiary alicyclic amines) is 1. The van der Waals surface area contributed by atoms with Crippen LogP contribution in [0.5, 0.6) is 0 Å². The lowest BCUT2D eigenvalue weighted by Gasteiger charge is -2.48. The summed E-state index contributed by atoms with van der Waals surface area (Å²) in [5, 5.41) is 0. The van der Waals surface area contributed by atoms with Crippen LogP contribution in [-0.4, -0.2) is 33.4 Å². The van der Waals surface area contributed by atoms with E-state index in [9.17, 15) is 0 Å². The van der Waals surface area contributed by atoms with E-state index in [1.807, 2.05) is 0 Å². The molecule has 76 valence electrons. The maximum atomic E-state index is 3.86. The first-order chi connectivity index (χ1) is 6.12. The predicted molar refractivity (Wildman–Crippen MR) is 63.1 cm³/mol. The Morgan fingerprint density at radius 1 is 1.62 bits per heavy atom. The van der Waals surface area contributed by atoms with E-state index in [0.29, 0.717) is 5.54 Å². The molecule has 0 aromatic carbocycles. The van der Waals surface area contributed by atoms with Crippen LogP contribution in [0.2, 0.25) is 0 Å². The van der Waals surface area contributed by atoms with Gasteiger partial charge >= 0.3 is 0 Å². The number of nitrogens with zero attached hydrogens (tertiary/aromatic N) is 1. The highest BCUT2D eigenvalue weighted by molar-refractivity contribution is 6.08. The molecule has 0 saturated carbocycles. The molecule has 0 radical (unpaired) electrons. The highest BCUT2D eigenvalue weighted by atomic mass is 28.1. The molecule has 0 amide bonds. The van der Waals surface area contributed by atoms with Crippen molar-refractivity contribution < 1.29 is 0 Å². The van der Waals surface area contributed by atoms with E-state index in [1.54, 1.807) is 0 Å². The zero-order valence-corrected chi connectivity index (χ0v) is 11.3. The minimum atomic E-state index is 0.411. The zero-order chi connectivity index (χ0) is 9.90. The van der Waals surface area contributed by atoms with Crippen LogP contribution in [-0.2, 0) is 0 Å². The van der Waals surface area contributed by atoms with Gasteiger partial charge in [-0.25, -0.2) is 0 Å². The lowest BCUT2D eigenvalue weighted by Crippen LogP contribution is -2.53. The largest absolute Gasteiger partial charge is 0.302 e. The second-order valence-electron chi connectivity index (χ2n) is 4.60. The number of hydrogen-bond acceptors (Lipinski definition) is 1. The van der Waals surface area contributed by atoms with Gasteiger partial charge in [-0.1, -0.05) is 6.08 Å². The van der Waals surface area contributed by atoms with Crippen molar-refractivity contribution in [2.24, 2.45) is 5.92 Å². The molecule has 13 heavy (non-hydrogen) atoms. The van der Waals surface area contributed by atoms with Crippen molar-refractivity contribution in [1.29, 1.82) is 0 Å². The number of allylic oxidation sites excluding steroid dienone is 1. The van der Waals surface area contributed by atoms with Gasteiger partial charge in [0, 0.05) is 15.8 Å². The molecule has 0 aromatic heterocycles. The standard InChI is InChI=1S/C11H23NSi/c1-4-6-10-7-5-8-12(9-13)11(10,2)3/h4,10H,1,5-9H2,2-3,13H3. The lowest BCUT2D eigenvalue weighted by molar-refractivity contribution is 0.0393. The van der Waals surface area contributed by atoms with Gasteiger partial charge in [0.2, 0.25) is 0 Å². The van der Waals surface area contributed by atoms with Gasteiger partial charge in [0.1, 0.15) is 0 Å². The van der Waals surface area contributed by atoms with E-state index in [1.165, 1.54) is 42.2 Å². The Bertz CT molecular complexity index is 177. The predicted octanol–water partition coefficient (Wildman–Crippen LogP) is 1.38. The fourth-order valence-corrected chi connectivity index (χ4v) is 3.73. The third kappa shape index (κ3) is 2.23. The summed E-state index contributed by atoms with van der Waals surface area (Å²) in [6.07, 6.45) is 7.36. The molecule has 0 spiro atoms. The normalized spacial score (nSPS) is 28.9. The van der Waals surface area contributed by atoms with Crippen LogP contribution in [0.4, 0.5) is 0 Å². The van der Waals surface area contributed by atoms with Gasteiger partial charge in [0.25, 0.3) is 0 Å². The molecular weight excluding hydrogens is 174 g/mol. The van der Waals surface area contributed by atoms with Crippen LogP contribution in [0.15, 0.2) is 12.7 Å². The summed E-state index contributed by atoms with van der Waals surface area (Å²) in [4.78, 5) is 2.66. The quantitative estimate of drug-likeness (QED) is 0.488. The third-order valence-electron chi connectivity index (χ3n) is 3.63. The number of hydrogen-bond donors (Lipinski definition) is 0. The summed E-state index contributed by atoms with van der Waals surface area (Å²) in [6.45, 7) is 9.97. The molecule has 0 aromatic rings. The fourth-order valence-electron chi connectivity index (χ4n) is 2.60. The molecular formula is C11H23NSi. The minimum absolute atomic E-state index is 0.411. The Balaban J connectivity index is 2.68. The van der Waals surface area contributed by atoms with Crippen LogP contribution >= 0.6 is 0 Å². The van der Waals surface area contributed by atoms with Crippen LogP contribution in [0.1, 0.15) is 33.1 Å². The van der Waals surface area contributed by atoms with Gasteiger partial charge in [-0.05, 0) is 51.7 Å². The average Bonchev–Trinajstić information content (AvgIpc) is 2.08.